The largest absolute Gasteiger partial charge is 0.489 e. The number of nitrogens with zero attached hydrogens (tertiary/aromatic N) is 2. The Morgan fingerprint density at radius 2 is 1.69 bits per heavy atom. The van der Waals surface area contributed by atoms with Crippen LogP contribution in [-0.4, -0.2) is 53.8 Å². The lowest BCUT2D eigenvalue weighted by atomic mass is 10.2. The van der Waals surface area contributed by atoms with Crippen molar-refractivity contribution < 1.29 is 18.7 Å². The second kappa shape index (κ2) is 10.2. The Hall–Kier alpha value is -3.58. The van der Waals surface area contributed by atoms with Gasteiger partial charge in [0.1, 0.15) is 12.4 Å². The molecule has 2 aromatic carbocycles. The summed E-state index contributed by atoms with van der Waals surface area (Å²) >= 11 is 0. The second-order valence-corrected chi connectivity index (χ2v) is 7.77. The smallest absolute Gasteiger partial charge is 0.289 e. The zero-order valence-corrected chi connectivity index (χ0v) is 18.1. The van der Waals surface area contributed by atoms with Crippen molar-refractivity contribution in [3.8, 4) is 5.75 Å². The molecular formula is C25H27N3O4. The van der Waals surface area contributed by atoms with Crippen molar-refractivity contribution in [2.75, 3.05) is 31.5 Å². The number of hydrogen-bond acceptors (Lipinski definition) is 5. The lowest BCUT2D eigenvalue weighted by molar-refractivity contribution is -0.121. The lowest BCUT2D eigenvalue weighted by Gasteiger charge is -2.37. The molecule has 1 saturated heterocycles. The van der Waals surface area contributed by atoms with Gasteiger partial charge in [0.05, 0.1) is 12.3 Å². The quantitative estimate of drug-likeness (QED) is 0.616. The van der Waals surface area contributed by atoms with Gasteiger partial charge in [0.15, 0.2) is 5.76 Å². The monoisotopic (exact) mass is 433 g/mol. The van der Waals surface area contributed by atoms with E-state index in [1.807, 2.05) is 61.5 Å². The van der Waals surface area contributed by atoms with Crippen LogP contribution in [0.5, 0.6) is 5.75 Å². The standard InChI is InChI=1S/C25H27N3O4/c1-19(27-13-15-28(16-14-27)25(30)23-8-5-17-31-23)24(29)26-21-9-11-22(12-10-21)32-18-20-6-3-2-4-7-20/h2-12,17,19H,13-16,18H2,1H3,(H,26,29). The van der Waals surface area contributed by atoms with Crippen LogP contribution in [0.2, 0.25) is 0 Å². The second-order valence-electron chi connectivity index (χ2n) is 7.77. The molecule has 0 saturated carbocycles. The third kappa shape index (κ3) is 5.36. The summed E-state index contributed by atoms with van der Waals surface area (Å²) in [4.78, 5) is 29.0. The summed E-state index contributed by atoms with van der Waals surface area (Å²) in [6, 6.07) is 20.4. The maximum Gasteiger partial charge on any atom is 0.289 e. The predicted octanol–water partition coefficient (Wildman–Crippen LogP) is 3.64. The van der Waals surface area contributed by atoms with Gasteiger partial charge in [0.25, 0.3) is 5.91 Å². The third-order valence-electron chi connectivity index (χ3n) is 5.63. The van der Waals surface area contributed by atoms with Gasteiger partial charge in [-0.05, 0) is 48.9 Å². The molecule has 1 fully saturated rings. The van der Waals surface area contributed by atoms with Crippen molar-refractivity contribution in [1.29, 1.82) is 0 Å². The molecule has 7 heteroatoms. The van der Waals surface area contributed by atoms with Crippen LogP contribution >= 0.6 is 0 Å². The number of carbonyl (C=O) groups excluding carboxylic acids is 2. The molecule has 1 unspecified atom stereocenters. The summed E-state index contributed by atoms with van der Waals surface area (Å²) in [7, 11) is 0. The van der Waals surface area contributed by atoms with E-state index in [0.29, 0.717) is 38.5 Å². The number of carbonyl (C=O) groups is 2. The van der Waals surface area contributed by atoms with Gasteiger partial charge in [0.2, 0.25) is 5.91 Å². The van der Waals surface area contributed by atoms with E-state index in [-0.39, 0.29) is 17.9 Å². The first kappa shape index (κ1) is 21.6. The summed E-state index contributed by atoms with van der Waals surface area (Å²) in [5.41, 5.74) is 1.82. The van der Waals surface area contributed by atoms with Crippen LogP contribution in [0.25, 0.3) is 0 Å². The molecule has 2 amide bonds. The van der Waals surface area contributed by atoms with E-state index in [1.54, 1.807) is 17.0 Å². The van der Waals surface area contributed by atoms with Gasteiger partial charge in [-0.25, -0.2) is 0 Å². The highest BCUT2D eigenvalue weighted by molar-refractivity contribution is 5.94. The molecule has 4 rings (SSSR count). The lowest BCUT2D eigenvalue weighted by Crippen LogP contribution is -2.54. The minimum atomic E-state index is -0.301. The molecule has 7 nitrogen and oxygen atoms in total. The van der Waals surface area contributed by atoms with Crippen molar-refractivity contribution in [1.82, 2.24) is 9.80 Å². The maximum atomic E-state index is 12.7. The number of benzene rings is 2. The van der Waals surface area contributed by atoms with Gasteiger partial charge < -0.3 is 19.4 Å². The van der Waals surface area contributed by atoms with Crippen molar-refractivity contribution in [3.63, 3.8) is 0 Å². The fourth-order valence-electron chi connectivity index (χ4n) is 3.66. The minimum Gasteiger partial charge on any atom is -0.489 e. The number of anilines is 1. The molecule has 1 aromatic heterocycles. The highest BCUT2D eigenvalue weighted by Crippen LogP contribution is 2.18. The van der Waals surface area contributed by atoms with Crippen LogP contribution in [0.4, 0.5) is 5.69 Å². The first-order valence-electron chi connectivity index (χ1n) is 10.7. The Morgan fingerprint density at radius 1 is 0.969 bits per heavy atom. The zero-order chi connectivity index (χ0) is 22.3. The number of ether oxygens (including phenoxy) is 1. The first-order chi connectivity index (χ1) is 15.6. The first-order valence-corrected chi connectivity index (χ1v) is 10.7. The fraction of sp³-hybridized carbons (Fsp3) is 0.280. The van der Waals surface area contributed by atoms with Gasteiger partial charge >= 0.3 is 0 Å². The molecule has 1 N–H and O–H groups in total. The molecule has 166 valence electrons. The van der Waals surface area contributed by atoms with Crippen molar-refractivity contribution in [3.05, 3.63) is 84.3 Å². The average molecular weight is 434 g/mol. The van der Waals surface area contributed by atoms with Gasteiger partial charge in [-0.15, -0.1) is 0 Å². The van der Waals surface area contributed by atoms with E-state index >= 15 is 0 Å². The van der Waals surface area contributed by atoms with E-state index < -0.39 is 0 Å². The number of nitrogens with one attached hydrogen (secondary N) is 1. The van der Waals surface area contributed by atoms with Crippen LogP contribution in [0.15, 0.2) is 77.4 Å². The molecule has 1 atom stereocenters. The van der Waals surface area contributed by atoms with Crippen LogP contribution in [0.1, 0.15) is 23.0 Å². The highest BCUT2D eigenvalue weighted by Gasteiger charge is 2.28. The molecule has 3 aromatic rings. The summed E-state index contributed by atoms with van der Waals surface area (Å²) in [6.45, 7) is 4.77. The summed E-state index contributed by atoms with van der Waals surface area (Å²) < 4.78 is 11.0. The molecule has 32 heavy (non-hydrogen) atoms. The Bertz CT molecular complexity index is 1010. The van der Waals surface area contributed by atoms with Crippen LogP contribution in [0.3, 0.4) is 0 Å². The van der Waals surface area contributed by atoms with E-state index in [9.17, 15) is 9.59 Å². The number of hydrogen-bond donors (Lipinski definition) is 1. The molecular weight excluding hydrogens is 406 g/mol. The number of amides is 2. The SMILES string of the molecule is CC(C(=O)Nc1ccc(OCc2ccccc2)cc1)N1CCN(C(=O)c2ccco2)CC1. The Labute approximate surface area is 187 Å². The van der Waals surface area contributed by atoms with E-state index in [1.165, 1.54) is 6.26 Å². The van der Waals surface area contributed by atoms with E-state index in [2.05, 4.69) is 10.2 Å². The third-order valence-corrected chi connectivity index (χ3v) is 5.63. The summed E-state index contributed by atoms with van der Waals surface area (Å²) in [5, 5.41) is 2.96. The maximum absolute atomic E-state index is 12.7. The van der Waals surface area contributed by atoms with Gasteiger partial charge in [-0.2, -0.15) is 0 Å². The zero-order valence-electron chi connectivity index (χ0n) is 18.1. The fourth-order valence-corrected chi connectivity index (χ4v) is 3.66. The number of piperazine rings is 1. The van der Waals surface area contributed by atoms with Crippen molar-refractivity contribution in [2.45, 2.75) is 19.6 Å². The highest BCUT2D eigenvalue weighted by atomic mass is 16.5. The van der Waals surface area contributed by atoms with E-state index in [4.69, 9.17) is 9.15 Å². The number of rotatable bonds is 7. The van der Waals surface area contributed by atoms with Crippen LogP contribution < -0.4 is 10.1 Å². The van der Waals surface area contributed by atoms with Gasteiger partial charge in [0, 0.05) is 31.9 Å². The summed E-state index contributed by atoms with van der Waals surface area (Å²) in [5.74, 6) is 0.910. The van der Waals surface area contributed by atoms with E-state index in [0.717, 1.165) is 17.0 Å². The summed E-state index contributed by atoms with van der Waals surface area (Å²) in [6.07, 6.45) is 1.50. The molecule has 0 aliphatic carbocycles. The molecule has 0 radical (unpaired) electrons. The average Bonchev–Trinajstić information content (AvgIpc) is 3.38. The molecule has 1 aliphatic rings. The predicted molar refractivity (Wildman–Crippen MR) is 121 cm³/mol. The Morgan fingerprint density at radius 3 is 2.34 bits per heavy atom. The minimum absolute atomic E-state index is 0.0752. The normalized spacial score (nSPS) is 15.2. The molecule has 1 aliphatic heterocycles. The van der Waals surface area contributed by atoms with Gasteiger partial charge in [-0.3, -0.25) is 14.5 Å². The molecule has 0 spiro atoms. The molecule has 0 bridgehead atoms. The Kier molecular flexibility index (Phi) is 6.87. The topological polar surface area (TPSA) is 75.0 Å². The number of furan rings is 1. The van der Waals surface area contributed by atoms with Crippen molar-refractivity contribution in [2.24, 2.45) is 0 Å². The van der Waals surface area contributed by atoms with Gasteiger partial charge in [-0.1, -0.05) is 30.3 Å². The Balaban J connectivity index is 1.24. The molecule has 2 heterocycles. The van der Waals surface area contributed by atoms with Crippen LogP contribution in [0, 0.1) is 0 Å². The van der Waals surface area contributed by atoms with Crippen LogP contribution in [-0.2, 0) is 11.4 Å². The van der Waals surface area contributed by atoms with Crippen molar-refractivity contribution >= 4 is 17.5 Å².